The second kappa shape index (κ2) is 6.84. The van der Waals surface area contributed by atoms with E-state index in [1.54, 1.807) is 11.3 Å². The van der Waals surface area contributed by atoms with Gasteiger partial charge in [-0.15, -0.1) is 11.3 Å². The molecule has 0 radical (unpaired) electrons. The maximum absolute atomic E-state index is 11.6. The van der Waals surface area contributed by atoms with Crippen molar-refractivity contribution in [2.75, 3.05) is 0 Å². The van der Waals surface area contributed by atoms with Gasteiger partial charge in [0.1, 0.15) is 5.75 Å². The molecular weight excluding hydrogens is 308 g/mol. The number of rotatable bonds is 6. The fraction of sp³-hybridized carbons (Fsp3) is 0.211. The van der Waals surface area contributed by atoms with Crippen LogP contribution < -0.4 is 4.74 Å². The number of aryl methyl sites for hydroxylation is 1. The summed E-state index contributed by atoms with van der Waals surface area (Å²) < 4.78 is 6.99. The van der Waals surface area contributed by atoms with Gasteiger partial charge in [0, 0.05) is 21.4 Å². The van der Waals surface area contributed by atoms with E-state index in [-0.39, 0.29) is 0 Å². The van der Waals surface area contributed by atoms with Gasteiger partial charge >= 0.3 is 5.97 Å². The number of carbonyl (C=O) groups is 1. The number of hydrogen-bond acceptors (Lipinski definition) is 3. The van der Waals surface area contributed by atoms with Gasteiger partial charge in [0.2, 0.25) is 0 Å². The van der Waals surface area contributed by atoms with Gasteiger partial charge in [0.25, 0.3) is 0 Å². The Labute approximate surface area is 139 Å². The molecule has 1 N–H and O–H groups in total. The summed E-state index contributed by atoms with van der Waals surface area (Å²) in [4.78, 5) is 12.9. The van der Waals surface area contributed by atoms with E-state index in [1.807, 2.05) is 48.5 Å². The first-order valence-corrected chi connectivity index (χ1v) is 8.44. The Morgan fingerprint density at radius 3 is 2.65 bits per heavy atom. The third-order valence-electron chi connectivity index (χ3n) is 3.73. The number of fused-ring (bicyclic) bond motifs is 1. The summed E-state index contributed by atoms with van der Waals surface area (Å²) in [6.45, 7) is 2.11. The van der Waals surface area contributed by atoms with Gasteiger partial charge in [0.05, 0.1) is 0 Å². The molecule has 0 fully saturated rings. The second-order valence-electron chi connectivity index (χ2n) is 5.37. The lowest BCUT2D eigenvalue weighted by atomic mass is 10.1. The SMILES string of the molecule is CCc1cc2c(O[C@H](Cc3ccccc3)C(=O)O)cccc2s1. The molecule has 4 heteroatoms. The van der Waals surface area contributed by atoms with Crippen LogP contribution in [-0.2, 0) is 17.6 Å². The van der Waals surface area contributed by atoms with Gasteiger partial charge in [-0.05, 0) is 30.2 Å². The Balaban J connectivity index is 1.88. The lowest BCUT2D eigenvalue weighted by Crippen LogP contribution is -2.29. The van der Waals surface area contributed by atoms with E-state index in [9.17, 15) is 9.90 Å². The van der Waals surface area contributed by atoms with Crippen molar-refractivity contribution in [1.29, 1.82) is 0 Å². The molecule has 0 bridgehead atoms. The minimum Gasteiger partial charge on any atom is -0.478 e. The molecule has 0 spiro atoms. The molecule has 118 valence electrons. The minimum absolute atomic E-state index is 0.345. The molecule has 1 heterocycles. The van der Waals surface area contributed by atoms with Crippen LogP contribution in [0.1, 0.15) is 17.4 Å². The van der Waals surface area contributed by atoms with Crippen LogP contribution in [-0.4, -0.2) is 17.2 Å². The molecule has 0 saturated heterocycles. The van der Waals surface area contributed by atoms with Crippen molar-refractivity contribution in [2.24, 2.45) is 0 Å². The molecule has 1 aromatic heterocycles. The lowest BCUT2D eigenvalue weighted by Gasteiger charge is -2.16. The molecule has 0 aliphatic heterocycles. The predicted molar refractivity (Wildman–Crippen MR) is 93.4 cm³/mol. The smallest absolute Gasteiger partial charge is 0.345 e. The molecule has 3 rings (SSSR count). The first-order valence-electron chi connectivity index (χ1n) is 7.62. The number of carboxylic acid groups (broad SMARTS) is 1. The highest BCUT2D eigenvalue weighted by Crippen LogP contribution is 2.33. The Hall–Kier alpha value is -2.33. The number of benzene rings is 2. The normalized spacial score (nSPS) is 12.2. The lowest BCUT2D eigenvalue weighted by molar-refractivity contribution is -0.144. The first kappa shape index (κ1) is 15.6. The third-order valence-corrected chi connectivity index (χ3v) is 4.97. The van der Waals surface area contributed by atoms with Gasteiger partial charge < -0.3 is 9.84 Å². The van der Waals surface area contributed by atoms with E-state index in [0.717, 1.165) is 22.1 Å². The zero-order valence-electron chi connectivity index (χ0n) is 12.9. The highest BCUT2D eigenvalue weighted by molar-refractivity contribution is 7.19. The van der Waals surface area contributed by atoms with Crippen LogP contribution in [0, 0.1) is 0 Å². The molecule has 0 saturated carbocycles. The molecular formula is C19H18O3S. The van der Waals surface area contributed by atoms with Gasteiger partial charge in [-0.2, -0.15) is 0 Å². The molecule has 3 aromatic rings. The average molecular weight is 326 g/mol. The first-order chi connectivity index (χ1) is 11.2. The van der Waals surface area contributed by atoms with Crippen molar-refractivity contribution in [3.05, 3.63) is 65.0 Å². The van der Waals surface area contributed by atoms with Gasteiger partial charge in [-0.3, -0.25) is 0 Å². The van der Waals surface area contributed by atoms with E-state index in [1.165, 1.54) is 4.88 Å². The van der Waals surface area contributed by atoms with Crippen molar-refractivity contribution in [3.8, 4) is 5.75 Å². The highest BCUT2D eigenvalue weighted by atomic mass is 32.1. The topological polar surface area (TPSA) is 46.5 Å². The maximum Gasteiger partial charge on any atom is 0.345 e. The van der Waals surface area contributed by atoms with E-state index < -0.39 is 12.1 Å². The zero-order chi connectivity index (χ0) is 16.2. The molecule has 3 nitrogen and oxygen atoms in total. The number of carboxylic acids is 1. The fourth-order valence-corrected chi connectivity index (χ4v) is 3.54. The largest absolute Gasteiger partial charge is 0.478 e. The fourth-order valence-electron chi connectivity index (χ4n) is 2.52. The Morgan fingerprint density at radius 2 is 1.96 bits per heavy atom. The van der Waals surface area contributed by atoms with Crippen LogP contribution in [0.4, 0.5) is 0 Å². The summed E-state index contributed by atoms with van der Waals surface area (Å²) >= 11 is 1.72. The summed E-state index contributed by atoms with van der Waals surface area (Å²) in [5.74, 6) is -0.307. The average Bonchev–Trinajstić information content (AvgIpc) is 2.99. The van der Waals surface area contributed by atoms with Crippen LogP contribution in [0.3, 0.4) is 0 Å². The van der Waals surface area contributed by atoms with Crippen LogP contribution in [0.15, 0.2) is 54.6 Å². The van der Waals surface area contributed by atoms with Crippen molar-refractivity contribution in [1.82, 2.24) is 0 Å². The minimum atomic E-state index is -0.947. The maximum atomic E-state index is 11.6. The highest BCUT2D eigenvalue weighted by Gasteiger charge is 2.21. The molecule has 0 aliphatic rings. The Bertz CT molecular complexity index is 808. The van der Waals surface area contributed by atoms with Crippen LogP contribution in [0.5, 0.6) is 5.75 Å². The second-order valence-corrected chi connectivity index (χ2v) is 6.54. The summed E-state index contributed by atoms with van der Waals surface area (Å²) in [6.07, 6.45) is 0.413. The van der Waals surface area contributed by atoms with E-state index in [2.05, 4.69) is 13.0 Å². The van der Waals surface area contributed by atoms with Gasteiger partial charge in [-0.25, -0.2) is 4.79 Å². The number of aliphatic carboxylic acids is 1. The van der Waals surface area contributed by atoms with Crippen LogP contribution >= 0.6 is 11.3 Å². The monoisotopic (exact) mass is 326 g/mol. The van der Waals surface area contributed by atoms with E-state index in [0.29, 0.717) is 12.2 Å². The van der Waals surface area contributed by atoms with Crippen molar-refractivity contribution >= 4 is 27.4 Å². The van der Waals surface area contributed by atoms with Gasteiger partial charge in [0.15, 0.2) is 6.10 Å². The predicted octanol–water partition coefficient (Wildman–Crippen LogP) is 4.54. The van der Waals surface area contributed by atoms with Crippen molar-refractivity contribution in [3.63, 3.8) is 0 Å². The number of hydrogen-bond donors (Lipinski definition) is 1. The molecule has 2 aromatic carbocycles. The number of thiophene rings is 1. The number of ether oxygens (including phenoxy) is 1. The molecule has 23 heavy (non-hydrogen) atoms. The summed E-state index contributed by atoms with van der Waals surface area (Å²) in [7, 11) is 0. The van der Waals surface area contributed by atoms with Crippen molar-refractivity contribution in [2.45, 2.75) is 25.9 Å². The van der Waals surface area contributed by atoms with Crippen molar-refractivity contribution < 1.29 is 14.6 Å². The molecule has 0 unspecified atom stereocenters. The van der Waals surface area contributed by atoms with Gasteiger partial charge in [-0.1, -0.05) is 43.3 Å². The van der Waals surface area contributed by atoms with E-state index >= 15 is 0 Å². The molecule has 1 atom stereocenters. The standard InChI is InChI=1S/C19H18O3S/c1-2-14-12-15-16(9-6-10-18(15)23-14)22-17(19(20)21)11-13-7-4-3-5-8-13/h3-10,12,17H,2,11H2,1H3,(H,20,21)/t17-/m1/s1. The summed E-state index contributed by atoms with van der Waals surface area (Å²) in [5, 5.41) is 10.5. The Morgan fingerprint density at radius 1 is 1.17 bits per heavy atom. The zero-order valence-corrected chi connectivity index (χ0v) is 13.7. The third kappa shape index (κ3) is 3.54. The van der Waals surface area contributed by atoms with Crippen LogP contribution in [0.2, 0.25) is 0 Å². The molecule has 0 amide bonds. The Kier molecular flexibility index (Phi) is 4.63. The summed E-state index contributed by atoms with van der Waals surface area (Å²) in [6, 6.07) is 17.4. The van der Waals surface area contributed by atoms with Crippen LogP contribution in [0.25, 0.3) is 10.1 Å². The summed E-state index contributed by atoms with van der Waals surface area (Å²) in [5.41, 5.74) is 0.951. The molecule has 0 aliphatic carbocycles. The quantitative estimate of drug-likeness (QED) is 0.723. The van der Waals surface area contributed by atoms with E-state index in [4.69, 9.17) is 4.74 Å².